The van der Waals surface area contributed by atoms with Crippen molar-refractivity contribution >= 4 is 23.6 Å². The van der Waals surface area contributed by atoms with E-state index in [1.807, 2.05) is 37.4 Å². The highest BCUT2D eigenvalue weighted by molar-refractivity contribution is 6.30. The summed E-state index contributed by atoms with van der Waals surface area (Å²) in [6.45, 7) is 2.73. The highest BCUT2D eigenvalue weighted by Crippen LogP contribution is 2.36. The monoisotopic (exact) mass is 599 g/mol. The van der Waals surface area contributed by atoms with Crippen LogP contribution in [0.2, 0.25) is 5.02 Å². The Morgan fingerprint density at radius 2 is 1.86 bits per heavy atom. The molecule has 2 aromatic rings. The van der Waals surface area contributed by atoms with Crippen LogP contribution >= 0.6 is 11.6 Å². The van der Waals surface area contributed by atoms with Gasteiger partial charge in [-0.05, 0) is 91.9 Å². The fourth-order valence-electron chi connectivity index (χ4n) is 6.10. The van der Waals surface area contributed by atoms with Gasteiger partial charge in [-0.15, -0.1) is 0 Å². The van der Waals surface area contributed by atoms with Crippen LogP contribution in [0.1, 0.15) is 90.4 Å². The van der Waals surface area contributed by atoms with Crippen molar-refractivity contribution in [2.45, 2.75) is 69.4 Å². The zero-order valence-corrected chi connectivity index (χ0v) is 25.7. The predicted octanol–water partition coefficient (Wildman–Crippen LogP) is 5.98. The van der Waals surface area contributed by atoms with Crippen LogP contribution in [-0.2, 0) is 14.2 Å². The summed E-state index contributed by atoms with van der Waals surface area (Å²) < 4.78 is 16.7. The van der Waals surface area contributed by atoms with Crippen LogP contribution < -0.4 is 16.0 Å². The Hall–Kier alpha value is -2.65. The molecule has 1 saturated carbocycles. The minimum Gasteiger partial charge on any atom is -0.453 e. The second-order valence-electron chi connectivity index (χ2n) is 11.5. The Bertz CT molecular complexity index is 1150. The Balaban J connectivity index is 1.57. The first-order valence-electron chi connectivity index (χ1n) is 15.3. The van der Waals surface area contributed by atoms with E-state index in [-0.39, 0.29) is 25.1 Å². The van der Waals surface area contributed by atoms with Crippen molar-refractivity contribution in [2.75, 3.05) is 47.1 Å². The number of hydrogen-bond donors (Lipinski definition) is 3. The predicted molar refractivity (Wildman–Crippen MR) is 165 cm³/mol. The topological polar surface area (TPSA) is 97.9 Å². The number of hydrogen-bond acceptors (Lipinski definition) is 6. The molecule has 4 rings (SSSR count). The Morgan fingerprint density at radius 1 is 1.02 bits per heavy atom. The number of halogens is 1. The van der Waals surface area contributed by atoms with Gasteiger partial charge in [0.1, 0.15) is 6.10 Å². The number of benzene rings is 2. The SMILES string of the molecule is CNC(CNC(=O)c1cc(C2CCCCC2)cc(C(OCCNC(=O)OC)c2cccc(Cl)c2)c1)C[C@H]1CCCOC1. The molecule has 0 radical (unpaired) electrons. The smallest absolute Gasteiger partial charge is 0.406 e. The molecule has 2 unspecified atom stereocenters. The summed E-state index contributed by atoms with van der Waals surface area (Å²) in [5.74, 6) is 0.826. The highest BCUT2D eigenvalue weighted by atomic mass is 35.5. The number of methoxy groups -OCH3 is 1. The van der Waals surface area contributed by atoms with Crippen LogP contribution in [0.3, 0.4) is 0 Å². The fourth-order valence-corrected chi connectivity index (χ4v) is 6.30. The molecule has 1 saturated heterocycles. The number of nitrogens with one attached hydrogen (secondary N) is 3. The van der Waals surface area contributed by atoms with Crippen molar-refractivity contribution in [2.24, 2.45) is 5.92 Å². The first-order valence-corrected chi connectivity index (χ1v) is 15.7. The van der Waals surface area contributed by atoms with E-state index < -0.39 is 12.2 Å². The number of likely N-dealkylation sites (N-methyl/N-ethyl adjacent to an activating group) is 1. The summed E-state index contributed by atoms with van der Waals surface area (Å²) in [4.78, 5) is 25.2. The van der Waals surface area contributed by atoms with E-state index in [2.05, 4.69) is 32.8 Å². The summed E-state index contributed by atoms with van der Waals surface area (Å²) in [6, 6.07) is 13.9. The van der Waals surface area contributed by atoms with Gasteiger partial charge in [-0.2, -0.15) is 0 Å². The van der Waals surface area contributed by atoms with E-state index in [0.29, 0.717) is 29.0 Å². The van der Waals surface area contributed by atoms with Gasteiger partial charge < -0.3 is 30.2 Å². The maximum Gasteiger partial charge on any atom is 0.406 e. The summed E-state index contributed by atoms with van der Waals surface area (Å²) in [6.07, 6.45) is 8.12. The molecule has 230 valence electrons. The third kappa shape index (κ3) is 9.69. The third-order valence-electron chi connectivity index (χ3n) is 8.40. The van der Waals surface area contributed by atoms with Gasteiger partial charge in [0.05, 0.1) is 13.7 Å². The van der Waals surface area contributed by atoms with Gasteiger partial charge in [-0.3, -0.25) is 4.79 Å². The minimum absolute atomic E-state index is 0.0914. The van der Waals surface area contributed by atoms with Crippen LogP contribution in [0.15, 0.2) is 42.5 Å². The maximum atomic E-state index is 13.6. The average molecular weight is 600 g/mol. The zero-order valence-electron chi connectivity index (χ0n) is 25.0. The van der Waals surface area contributed by atoms with Gasteiger partial charge >= 0.3 is 6.09 Å². The van der Waals surface area contributed by atoms with Gasteiger partial charge in [0.25, 0.3) is 5.91 Å². The average Bonchev–Trinajstić information content (AvgIpc) is 3.03. The fraction of sp³-hybridized carbons (Fsp3) is 0.576. The zero-order chi connectivity index (χ0) is 29.7. The summed E-state index contributed by atoms with van der Waals surface area (Å²) in [5.41, 5.74) is 3.59. The minimum atomic E-state index is -0.507. The van der Waals surface area contributed by atoms with E-state index in [0.717, 1.165) is 50.0 Å². The quantitative estimate of drug-likeness (QED) is 0.245. The van der Waals surface area contributed by atoms with Crippen molar-refractivity contribution in [3.63, 3.8) is 0 Å². The van der Waals surface area contributed by atoms with Crippen molar-refractivity contribution in [3.05, 3.63) is 69.7 Å². The lowest BCUT2D eigenvalue weighted by molar-refractivity contribution is 0.0478. The highest BCUT2D eigenvalue weighted by Gasteiger charge is 2.24. The lowest BCUT2D eigenvalue weighted by Crippen LogP contribution is -2.41. The van der Waals surface area contributed by atoms with Gasteiger partial charge in [-0.25, -0.2) is 4.79 Å². The van der Waals surface area contributed by atoms with Crippen molar-refractivity contribution < 1.29 is 23.8 Å². The Labute approximate surface area is 255 Å². The number of carbonyl (C=O) groups excluding carboxylic acids is 2. The van der Waals surface area contributed by atoms with Gasteiger partial charge in [0.2, 0.25) is 0 Å². The summed E-state index contributed by atoms with van der Waals surface area (Å²) in [7, 11) is 3.28. The Kier molecular flexibility index (Phi) is 12.9. The van der Waals surface area contributed by atoms with Gasteiger partial charge in [0, 0.05) is 42.9 Å². The van der Waals surface area contributed by atoms with E-state index >= 15 is 0 Å². The standard InChI is InChI=1S/C33H46ClN3O5/c1-35-30(16-23-8-7-14-41-22-23)21-37-32(38)28-18-26(24-9-4-3-5-10-24)17-27(19-28)31(25-11-6-12-29(34)20-25)42-15-13-36-33(39)40-2/h6,11-12,17-20,23-24,30-31,35H,3-5,7-10,13-16,21-22H2,1-2H3,(H,36,39)(H,37,38)/t23-,30?,31?/m1/s1. The number of rotatable bonds is 13. The normalized spacial score (nSPS) is 19.1. The van der Waals surface area contributed by atoms with Crippen molar-refractivity contribution in [3.8, 4) is 0 Å². The van der Waals surface area contributed by atoms with Crippen LogP contribution in [0.5, 0.6) is 0 Å². The Morgan fingerprint density at radius 3 is 2.57 bits per heavy atom. The van der Waals surface area contributed by atoms with E-state index in [1.165, 1.54) is 38.4 Å². The van der Waals surface area contributed by atoms with Crippen LogP contribution in [0.4, 0.5) is 4.79 Å². The summed E-state index contributed by atoms with van der Waals surface area (Å²) >= 11 is 6.38. The molecule has 2 fully saturated rings. The number of amides is 2. The van der Waals surface area contributed by atoms with Crippen molar-refractivity contribution in [1.29, 1.82) is 0 Å². The second-order valence-corrected chi connectivity index (χ2v) is 11.9. The molecular weight excluding hydrogens is 554 g/mol. The van der Waals surface area contributed by atoms with E-state index in [1.54, 1.807) is 0 Å². The largest absolute Gasteiger partial charge is 0.453 e. The van der Waals surface area contributed by atoms with Crippen LogP contribution in [0, 0.1) is 5.92 Å². The molecular formula is C33H46ClN3O5. The van der Waals surface area contributed by atoms with E-state index in [4.69, 9.17) is 21.1 Å². The van der Waals surface area contributed by atoms with E-state index in [9.17, 15) is 9.59 Å². The van der Waals surface area contributed by atoms with Crippen LogP contribution in [0.25, 0.3) is 0 Å². The molecule has 3 N–H and O–H groups in total. The number of ether oxygens (including phenoxy) is 3. The molecule has 1 heterocycles. The molecule has 9 heteroatoms. The molecule has 8 nitrogen and oxygen atoms in total. The molecule has 2 aliphatic rings. The lowest BCUT2D eigenvalue weighted by atomic mass is 9.82. The number of carbonyl (C=O) groups is 2. The molecule has 0 aromatic heterocycles. The molecule has 1 aliphatic heterocycles. The molecule has 42 heavy (non-hydrogen) atoms. The molecule has 1 aliphatic carbocycles. The first kappa shape index (κ1) is 32.3. The molecule has 2 amide bonds. The first-order chi connectivity index (χ1) is 20.5. The molecule has 0 spiro atoms. The maximum absolute atomic E-state index is 13.6. The van der Waals surface area contributed by atoms with Gasteiger partial charge in [-0.1, -0.05) is 49.1 Å². The molecule has 0 bridgehead atoms. The van der Waals surface area contributed by atoms with Crippen LogP contribution in [-0.4, -0.2) is 65.1 Å². The summed E-state index contributed by atoms with van der Waals surface area (Å²) in [5, 5.41) is 9.84. The van der Waals surface area contributed by atoms with Crippen molar-refractivity contribution in [1.82, 2.24) is 16.0 Å². The molecule has 3 atom stereocenters. The third-order valence-corrected chi connectivity index (χ3v) is 8.64. The van der Waals surface area contributed by atoms with Gasteiger partial charge in [0.15, 0.2) is 0 Å². The lowest BCUT2D eigenvalue weighted by Gasteiger charge is -2.27. The molecule has 2 aromatic carbocycles. The second kappa shape index (κ2) is 16.8. The number of alkyl carbamates (subject to hydrolysis) is 1.